The van der Waals surface area contributed by atoms with Crippen molar-refractivity contribution in [3.63, 3.8) is 0 Å². The summed E-state index contributed by atoms with van der Waals surface area (Å²) in [5, 5.41) is 0. The molecule has 0 saturated heterocycles. The molecule has 34 heavy (non-hydrogen) atoms. The van der Waals surface area contributed by atoms with E-state index in [9.17, 15) is 9.59 Å². The average molecular weight is 468 g/mol. The lowest BCUT2D eigenvalue weighted by atomic mass is 9.56. The average Bonchev–Trinajstić information content (AvgIpc) is 2.76. The number of ether oxygens (including phenoxy) is 2. The Morgan fingerprint density at radius 2 is 1.59 bits per heavy atom. The second-order valence-corrected chi connectivity index (χ2v) is 10.7. The summed E-state index contributed by atoms with van der Waals surface area (Å²) in [4.78, 5) is 24.5. The fourth-order valence-corrected chi connectivity index (χ4v) is 4.86. The third-order valence-electron chi connectivity index (χ3n) is 6.55. The standard InChI is InChI=1S/C29H41NO4/c1-19(2)25(17-30)29(20(3)4,23-12-10-9-11-13-23)24-16-22(18-33-21(5)31)14-15-26(24)34-27(32)28(6,7)8/h9-16,19-20,25H,17-18,30H2,1-8H3. The minimum Gasteiger partial charge on any atom is -0.461 e. The van der Waals surface area contributed by atoms with E-state index in [0.29, 0.717) is 12.3 Å². The van der Waals surface area contributed by atoms with Crippen LogP contribution in [0.15, 0.2) is 48.5 Å². The largest absolute Gasteiger partial charge is 0.461 e. The molecule has 0 amide bonds. The lowest BCUT2D eigenvalue weighted by Gasteiger charge is -2.47. The van der Waals surface area contributed by atoms with Gasteiger partial charge in [-0.25, -0.2) is 0 Å². The van der Waals surface area contributed by atoms with Gasteiger partial charge in [0.25, 0.3) is 0 Å². The Morgan fingerprint density at radius 1 is 0.971 bits per heavy atom. The second-order valence-electron chi connectivity index (χ2n) is 10.7. The first kappa shape index (κ1) is 27.6. The minimum atomic E-state index is -0.660. The molecule has 0 heterocycles. The van der Waals surface area contributed by atoms with Crippen LogP contribution in [0.25, 0.3) is 0 Å². The molecule has 0 aliphatic heterocycles. The van der Waals surface area contributed by atoms with E-state index in [1.807, 2.05) is 57.2 Å². The second kappa shape index (κ2) is 11.2. The van der Waals surface area contributed by atoms with Crippen molar-refractivity contribution in [2.75, 3.05) is 6.54 Å². The quantitative estimate of drug-likeness (QED) is 0.368. The zero-order chi connectivity index (χ0) is 25.7. The van der Waals surface area contributed by atoms with Crippen molar-refractivity contribution in [3.8, 4) is 5.75 Å². The number of rotatable bonds is 9. The van der Waals surface area contributed by atoms with Crippen molar-refractivity contribution < 1.29 is 19.1 Å². The molecule has 2 aromatic carbocycles. The summed E-state index contributed by atoms with van der Waals surface area (Å²) in [5.74, 6) is 0.318. The summed E-state index contributed by atoms with van der Waals surface area (Å²) in [6.45, 7) is 16.3. The number of carbonyl (C=O) groups excluding carboxylic acids is 2. The highest BCUT2D eigenvalue weighted by molar-refractivity contribution is 5.78. The Bertz CT molecular complexity index is 975. The normalized spacial score (nSPS) is 14.6. The Morgan fingerprint density at radius 3 is 2.06 bits per heavy atom. The van der Waals surface area contributed by atoms with Gasteiger partial charge in [-0.2, -0.15) is 0 Å². The first-order chi connectivity index (χ1) is 15.8. The van der Waals surface area contributed by atoms with Crippen molar-refractivity contribution in [2.24, 2.45) is 28.9 Å². The highest BCUT2D eigenvalue weighted by atomic mass is 16.5. The van der Waals surface area contributed by atoms with Gasteiger partial charge < -0.3 is 15.2 Å². The molecule has 0 fully saturated rings. The van der Waals surface area contributed by atoms with Crippen LogP contribution in [0.3, 0.4) is 0 Å². The van der Waals surface area contributed by atoms with E-state index in [2.05, 4.69) is 39.8 Å². The van der Waals surface area contributed by atoms with E-state index in [-0.39, 0.29) is 36.3 Å². The third kappa shape index (κ3) is 5.87. The van der Waals surface area contributed by atoms with Gasteiger partial charge in [0.05, 0.1) is 5.41 Å². The Balaban J connectivity index is 2.91. The van der Waals surface area contributed by atoms with E-state index < -0.39 is 10.8 Å². The van der Waals surface area contributed by atoms with Gasteiger partial charge in [-0.15, -0.1) is 0 Å². The van der Waals surface area contributed by atoms with Gasteiger partial charge in [-0.05, 0) is 68.3 Å². The van der Waals surface area contributed by atoms with Crippen molar-refractivity contribution in [1.29, 1.82) is 0 Å². The van der Waals surface area contributed by atoms with Crippen molar-refractivity contribution in [1.82, 2.24) is 0 Å². The Hall–Kier alpha value is -2.66. The minimum absolute atomic E-state index is 0.0611. The lowest BCUT2D eigenvalue weighted by molar-refractivity contribution is -0.143. The van der Waals surface area contributed by atoms with Gasteiger partial charge in [0, 0.05) is 17.9 Å². The third-order valence-corrected chi connectivity index (χ3v) is 6.55. The SMILES string of the molecule is CC(=O)OCc1ccc(OC(=O)C(C)(C)C)c(C(c2ccccc2)(C(C)C)C(CN)C(C)C)c1. The van der Waals surface area contributed by atoms with Crippen LogP contribution >= 0.6 is 0 Å². The molecule has 0 spiro atoms. The Kier molecular flexibility index (Phi) is 9.07. The maximum absolute atomic E-state index is 13.0. The topological polar surface area (TPSA) is 78.6 Å². The summed E-state index contributed by atoms with van der Waals surface area (Å²) >= 11 is 0. The molecule has 5 heteroatoms. The van der Waals surface area contributed by atoms with Gasteiger partial charge in [0.2, 0.25) is 0 Å². The molecular formula is C29H41NO4. The van der Waals surface area contributed by atoms with Crippen LogP contribution < -0.4 is 10.5 Å². The molecule has 0 aliphatic rings. The van der Waals surface area contributed by atoms with Gasteiger partial charge in [-0.1, -0.05) is 64.1 Å². The molecule has 0 bridgehead atoms. The van der Waals surface area contributed by atoms with E-state index >= 15 is 0 Å². The fraction of sp³-hybridized carbons (Fsp3) is 0.517. The number of benzene rings is 2. The van der Waals surface area contributed by atoms with Gasteiger partial charge in [-0.3, -0.25) is 9.59 Å². The first-order valence-electron chi connectivity index (χ1n) is 12.1. The van der Waals surface area contributed by atoms with Crippen LogP contribution in [0.5, 0.6) is 5.75 Å². The van der Waals surface area contributed by atoms with Crippen LogP contribution in [-0.4, -0.2) is 18.5 Å². The number of hydrogen-bond donors (Lipinski definition) is 1. The van der Waals surface area contributed by atoms with Gasteiger partial charge >= 0.3 is 11.9 Å². The zero-order valence-corrected chi connectivity index (χ0v) is 22.0. The summed E-state index contributed by atoms with van der Waals surface area (Å²) in [7, 11) is 0. The predicted octanol–water partition coefficient (Wildman–Crippen LogP) is 5.87. The molecular weight excluding hydrogens is 426 g/mol. The monoisotopic (exact) mass is 467 g/mol. The lowest BCUT2D eigenvalue weighted by Crippen LogP contribution is -2.47. The Labute approximate surface area is 205 Å². The smallest absolute Gasteiger partial charge is 0.316 e. The number of hydrogen-bond acceptors (Lipinski definition) is 5. The molecule has 0 radical (unpaired) electrons. The van der Waals surface area contributed by atoms with Crippen molar-refractivity contribution in [2.45, 2.75) is 67.4 Å². The summed E-state index contributed by atoms with van der Waals surface area (Å²) in [6.07, 6.45) is 0. The molecule has 0 aliphatic carbocycles. The predicted molar refractivity (Wildman–Crippen MR) is 136 cm³/mol. The number of carbonyl (C=O) groups is 2. The molecule has 0 aromatic heterocycles. The molecule has 2 rings (SSSR count). The number of esters is 2. The summed E-state index contributed by atoms with van der Waals surface area (Å²) in [6, 6.07) is 16.0. The van der Waals surface area contributed by atoms with Crippen LogP contribution in [0.2, 0.25) is 0 Å². The molecule has 5 nitrogen and oxygen atoms in total. The molecule has 2 aromatic rings. The fourth-order valence-electron chi connectivity index (χ4n) is 4.86. The zero-order valence-electron chi connectivity index (χ0n) is 22.0. The maximum atomic E-state index is 13.0. The van der Waals surface area contributed by atoms with Gasteiger partial charge in [0.1, 0.15) is 12.4 Å². The van der Waals surface area contributed by atoms with Crippen LogP contribution in [0, 0.1) is 23.2 Å². The van der Waals surface area contributed by atoms with E-state index in [1.165, 1.54) is 6.92 Å². The van der Waals surface area contributed by atoms with E-state index in [4.69, 9.17) is 15.2 Å². The molecule has 2 atom stereocenters. The van der Waals surface area contributed by atoms with E-state index in [0.717, 1.165) is 16.7 Å². The summed E-state index contributed by atoms with van der Waals surface area (Å²) in [5.41, 5.74) is 8.09. The highest BCUT2D eigenvalue weighted by Crippen LogP contribution is 2.51. The van der Waals surface area contributed by atoms with Crippen molar-refractivity contribution in [3.05, 3.63) is 65.2 Å². The molecule has 0 saturated carbocycles. The van der Waals surface area contributed by atoms with Gasteiger partial charge in [0.15, 0.2) is 0 Å². The molecule has 2 unspecified atom stereocenters. The maximum Gasteiger partial charge on any atom is 0.316 e. The first-order valence-corrected chi connectivity index (χ1v) is 12.1. The van der Waals surface area contributed by atoms with E-state index in [1.54, 1.807) is 0 Å². The summed E-state index contributed by atoms with van der Waals surface area (Å²) < 4.78 is 11.4. The van der Waals surface area contributed by atoms with Crippen LogP contribution in [0.1, 0.15) is 72.1 Å². The molecule has 2 N–H and O–H groups in total. The van der Waals surface area contributed by atoms with Crippen LogP contribution in [-0.2, 0) is 26.3 Å². The molecule has 186 valence electrons. The van der Waals surface area contributed by atoms with Crippen LogP contribution in [0.4, 0.5) is 0 Å². The highest BCUT2D eigenvalue weighted by Gasteiger charge is 2.47. The van der Waals surface area contributed by atoms with Crippen molar-refractivity contribution >= 4 is 11.9 Å². The number of nitrogens with two attached hydrogens (primary N) is 1.